The number of benzene rings is 2. The largest absolute Gasteiger partial charge is 0.545 e. The molecule has 10 heteroatoms. The molecular formula is C17H17N2O7S-. The number of carboxylic acids is 1. The molecule has 2 N–H and O–H groups in total. The molecule has 0 heterocycles. The highest BCUT2D eigenvalue weighted by atomic mass is 32.2. The number of carbonyl (C=O) groups excluding carboxylic acids is 2. The molecule has 2 aromatic rings. The Morgan fingerprint density at radius 3 is 2.07 bits per heavy atom. The maximum Gasteiger partial charge on any atom is 0.333 e. The van der Waals surface area contributed by atoms with Crippen molar-refractivity contribution in [3.05, 3.63) is 47.5 Å². The molecule has 0 saturated carbocycles. The van der Waals surface area contributed by atoms with Gasteiger partial charge in [0.05, 0.1) is 30.8 Å². The third kappa shape index (κ3) is 4.67. The van der Waals surface area contributed by atoms with Crippen molar-refractivity contribution in [3.8, 4) is 11.5 Å². The first-order chi connectivity index (χ1) is 12.7. The molecule has 0 spiro atoms. The molecule has 0 radical (unpaired) electrons. The second-order valence-corrected chi connectivity index (χ2v) is 7.10. The first-order valence-corrected chi connectivity index (χ1v) is 9.04. The van der Waals surface area contributed by atoms with Gasteiger partial charge >= 0.3 is 6.03 Å². The van der Waals surface area contributed by atoms with E-state index in [2.05, 4.69) is 5.32 Å². The third-order valence-electron chi connectivity index (χ3n) is 3.55. The van der Waals surface area contributed by atoms with Gasteiger partial charge in [-0.2, -0.15) is 0 Å². The van der Waals surface area contributed by atoms with Crippen molar-refractivity contribution in [3.63, 3.8) is 0 Å². The number of aryl methyl sites for hydroxylation is 1. The van der Waals surface area contributed by atoms with Crippen LogP contribution in [-0.4, -0.2) is 34.6 Å². The van der Waals surface area contributed by atoms with E-state index in [4.69, 9.17) is 9.47 Å². The van der Waals surface area contributed by atoms with Gasteiger partial charge in [0, 0.05) is 11.6 Å². The smallest absolute Gasteiger partial charge is 0.333 e. The zero-order valence-corrected chi connectivity index (χ0v) is 15.5. The fraction of sp³-hybridized carbons (Fsp3) is 0.176. The first-order valence-electron chi connectivity index (χ1n) is 7.55. The summed E-state index contributed by atoms with van der Waals surface area (Å²) < 4.78 is 36.3. The van der Waals surface area contributed by atoms with Crippen molar-refractivity contribution in [1.29, 1.82) is 0 Å². The minimum Gasteiger partial charge on any atom is -0.545 e. The van der Waals surface area contributed by atoms with Gasteiger partial charge in [-0.05, 0) is 25.1 Å². The van der Waals surface area contributed by atoms with E-state index in [9.17, 15) is 23.1 Å². The average molecular weight is 393 g/mol. The summed E-state index contributed by atoms with van der Waals surface area (Å²) >= 11 is 0. The summed E-state index contributed by atoms with van der Waals surface area (Å²) in [4.78, 5) is 23.3. The molecule has 27 heavy (non-hydrogen) atoms. The Labute approximate surface area is 156 Å². The molecule has 0 saturated heterocycles. The van der Waals surface area contributed by atoms with Crippen LogP contribution < -0.4 is 24.6 Å². The lowest BCUT2D eigenvalue weighted by atomic mass is 10.1. The second-order valence-electron chi connectivity index (χ2n) is 5.41. The second kappa shape index (κ2) is 7.96. The Morgan fingerprint density at radius 2 is 1.56 bits per heavy atom. The number of hydrogen-bond donors (Lipinski definition) is 2. The number of rotatable bonds is 6. The Kier molecular flexibility index (Phi) is 5.91. The lowest BCUT2D eigenvalue weighted by Crippen LogP contribution is -2.35. The maximum atomic E-state index is 12.2. The molecule has 144 valence electrons. The Bertz CT molecular complexity index is 970. The minimum absolute atomic E-state index is 0.106. The van der Waals surface area contributed by atoms with Crippen LogP contribution in [0.25, 0.3) is 0 Å². The van der Waals surface area contributed by atoms with E-state index in [0.29, 0.717) is 0 Å². The van der Waals surface area contributed by atoms with Crippen LogP contribution in [0.2, 0.25) is 0 Å². The number of sulfonamides is 1. The topological polar surface area (TPSA) is 134 Å². The number of aromatic carboxylic acids is 1. The molecule has 2 amide bonds. The summed E-state index contributed by atoms with van der Waals surface area (Å²) in [6.07, 6.45) is 0. The predicted octanol–water partition coefficient (Wildman–Crippen LogP) is 0.886. The van der Waals surface area contributed by atoms with E-state index in [0.717, 1.165) is 11.6 Å². The highest BCUT2D eigenvalue weighted by Crippen LogP contribution is 2.33. The van der Waals surface area contributed by atoms with Gasteiger partial charge in [0.2, 0.25) is 0 Å². The van der Waals surface area contributed by atoms with Crippen molar-refractivity contribution in [2.24, 2.45) is 0 Å². The monoisotopic (exact) mass is 393 g/mol. The molecule has 9 nitrogen and oxygen atoms in total. The zero-order chi connectivity index (χ0) is 20.2. The van der Waals surface area contributed by atoms with Crippen molar-refractivity contribution >= 4 is 27.7 Å². The normalized spacial score (nSPS) is 10.8. The number of carbonyl (C=O) groups is 2. The maximum absolute atomic E-state index is 12.2. The molecule has 0 aliphatic heterocycles. The fourth-order valence-electron chi connectivity index (χ4n) is 2.20. The van der Waals surface area contributed by atoms with Crippen molar-refractivity contribution in [2.75, 3.05) is 19.5 Å². The number of methoxy groups -OCH3 is 2. The summed E-state index contributed by atoms with van der Waals surface area (Å²) in [5.41, 5.74) is 0.224. The summed E-state index contributed by atoms with van der Waals surface area (Å²) in [5.74, 6) is -1.35. The van der Waals surface area contributed by atoms with Gasteiger partial charge in [0.25, 0.3) is 10.0 Å². The van der Waals surface area contributed by atoms with Crippen LogP contribution in [0.4, 0.5) is 10.5 Å². The summed E-state index contributed by atoms with van der Waals surface area (Å²) in [5, 5.41) is 13.5. The molecular weight excluding hydrogens is 376 g/mol. The number of amides is 2. The van der Waals surface area contributed by atoms with Crippen LogP contribution in [0, 0.1) is 6.92 Å². The average Bonchev–Trinajstić information content (AvgIpc) is 2.60. The Morgan fingerprint density at radius 1 is 1.00 bits per heavy atom. The van der Waals surface area contributed by atoms with Crippen molar-refractivity contribution < 1.29 is 32.6 Å². The van der Waals surface area contributed by atoms with E-state index < -0.39 is 27.6 Å². The van der Waals surface area contributed by atoms with Crippen LogP contribution >= 0.6 is 0 Å². The highest BCUT2D eigenvalue weighted by molar-refractivity contribution is 7.90. The minimum atomic E-state index is -4.14. The number of anilines is 1. The van der Waals surface area contributed by atoms with Crippen LogP contribution in [0.15, 0.2) is 41.3 Å². The first kappa shape index (κ1) is 20.0. The van der Waals surface area contributed by atoms with Crippen LogP contribution in [-0.2, 0) is 10.0 Å². The Balaban J connectivity index is 2.29. The Hall–Kier alpha value is -3.27. The number of urea groups is 1. The highest BCUT2D eigenvalue weighted by Gasteiger charge is 2.19. The van der Waals surface area contributed by atoms with E-state index >= 15 is 0 Å². The predicted molar refractivity (Wildman–Crippen MR) is 94.4 cm³/mol. The van der Waals surface area contributed by atoms with E-state index in [-0.39, 0.29) is 22.1 Å². The van der Waals surface area contributed by atoms with Gasteiger partial charge in [-0.15, -0.1) is 0 Å². The van der Waals surface area contributed by atoms with E-state index in [1.165, 1.54) is 32.4 Å². The molecule has 0 aliphatic carbocycles. The fourth-order valence-corrected chi connectivity index (χ4v) is 3.10. The van der Waals surface area contributed by atoms with Crippen molar-refractivity contribution in [2.45, 2.75) is 11.8 Å². The number of ether oxygens (including phenoxy) is 2. The SMILES string of the molecule is COc1cc(NC(=O)NS(=O)(=O)c2ccc(C)cc2)c(C(=O)[O-])cc1OC. The van der Waals surface area contributed by atoms with E-state index in [1.807, 2.05) is 4.72 Å². The summed E-state index contributed by atoms with van der Waals surface area (Å²) in [6.45, 7) is 1.79. The van der Waals surface area contributed by atoms with Gasteiger partial charge in [0.1, 0.15) is 0 Å². The lowest BCUT2D eigenvalue weighted by Gasteiger charge is -2.16. The number of carboxylic acid groups (broad SMARTS) is 1. The summed E-state index contributed by atoms with van der Waals surface area (Å²) in [7, 11) is -1.51. The number of hydrogen-bond acceptors (Lipinski definition) is 7. The summed E-state index contributed by atoms with van der Waals surface area (Å²) in [6, 6.07) is 6.97. The zero-order valence-electron chi connectivity index (χ0n) is 14.7. The van der Waals surface area contributed by atoms with Gasteiger partial charge in [-0.3, -0.25) is 0 Å². The quantitative estimate of drug-likeness (QED) is 0.744. The number of nitrogens with one attached hydrogen (secondary N) is 2. The van der Waals surface area contributed by atoms with Crippen LogP contribution in [0.1, 0.15) is 15.9 Å². The molecule has 0 bridgehead atoms. The standard InChI is InChI=1S/C17H18N2O7S/c1-10-4-6-11(7-5-10)27(23,24)19-17(22)18-13-9-15(26-3)14(25-2)8-12(13)16(20)21/h4-9H,1-3H3,(H,20,21)(H2,18,19,22)/p-1. The molecule has 0 unspecified atom stereocenters. The molecule has 0 aromatic heterocycles. The molecule has 0 atom stereocenters. The van der Waals surface area contributed by atoms with Gasteiger partial charge in [-0.25, -0.2) is 17.9 Å². The van der Waals surface area contributed by atoms with Crippen molar-refractivity contribution in [1.82, 2.24) is 4.72 Å². The van der Waals surface area contributed by atoms with Gasteiger partial charge in [-0.1, -0.05) is 17.7 Å². The van der Waals surface area contributed by atoms with Crippen LogP contribution in [0.5, 0.6) is 11.5 Å². The molecule has 2 aromatic carbocycles. The van der Waals surface area contributed by atoms with E-state index in [1.54, 1.807) is 19.1 Å². The van der Waals surface area contributed by atoms with Gasteiger partial charge in [0.15, 0.2) is 11.5 Å². The van der Waals surface area contributed by atoms with Gasteiger partial charge < -0.3 is 24.7 Å². The van der Waals surface area contributed by atoms with Crippen LogP contribution in [0.3, 0.4) is 0 Å². The molecule has 0 fully saturated rings. The molecule has 2 rings (SSSR count). The lowest BCUT2D eigenvalue weighted by molar-refractivity contribution is -0.254. The third-order valence-corrected chi connectivity index (χ3v) is 4.90. The molecule has 0 aliphatic rings.